The molecule has 142 valence electrons. The first-order valence-corrected chi connectivity index (χ1v) is 9.56. The van der Waals surface area contributed by atoms with Gasteiger partial charge >= 0.3 is 0 Å². The van der Waals surface area contributed by atoms with Crippen LogP contribution in [0.1, 0.15) is 36.4 Å². The van der Waals surface area contributed by atoms with Crippen LogP contribution in [0.2, 0.25) is 0 Å². The van der Waals surface area contributed by atoms with Crippen LogP contribution in [-0.4, -0.2) is 48.6 Å². The molecule has 0 bridgehead atoms. The van der Waals surface area contributed by atoms with E-state index in [9.17, 15) is 5.11 Å². The number of piperidine rings is 1. The van der Waals surface area contributed by atoms with E-state index in [1.165, 1.54) is 0 Å². The molecular formula is C22H27N3O2. The maximum absolute atomic E-state index is 10.7. The molecule has 1 fully saturated rings. The van der Waals surface area contributed by atoms with Crippen LogP contribution < -0.4 is 10.1 Å². The second-order valence-electron chi connectivity index (χ2n) is 7.56. The van der Waals surface area contributed by atoms with Gasteiger partial charge in [-0.1, -0.05) is 42.5 Å². The summed E-state index contributed by atoms with van der Waals surface area (Å²) in [6.07, 6.45) is 2.66. The molecule has 1 atom stereocenters. The molecule has 2 aromatic carbocycles. The van der Waals surface area contributed by atoms with Crippen LogP contribution in [0.4, 0.5) is 0 Å². The number of benzene rings is 2. The molecule has 2 aliphatic rings. The van der Waals surface area contributed by atoms with Crippen molar-refractivity contribution in [2.45, 2.75) is 31.0 Å². The largest absolute Gasteiger partial charge is 0.504 e. The van der Waals surface area contributed by atoms with Crippen LogP contribution >= 0.6 is 0 Å². The van der Waals surface area contributed by atoms with Crippen LogP contribution in [0.25, 0.3) is 0 Å². The summed E-state index contributed by atoms with van der Waals surface area (Å²) in [5.41, 5.74) is 2.85. The number of methoxy groups -OCH3 is 1. The number of likely N-dealkylation sites (tertiary alicyclic amines) is 1. The summed E-state index contributed by atoms with van der Waals surface area (Å²) in [5.74, 6) is 0.727. The Morgan fingerprint density at radius 1 is 1.11 bits per heavy atom. The summed E-state index contributed by atoms with van der Waals surface area (Å²) in [6.45, 7) is 2.02. The minimum Gasteiger partial charge on any atom is -0.504 e. The fourth-order valence-corrected chi connectivity index (χ4v) is 4.14. The van der Waals surface area contributed by atoms with Gasteiger partial charge in [-0.2, -0.15) is 0 Å². The van der Waals surface area contributed by atoms with Crippen LogP contribution in [0, 0.1) is 0 Å². The third kappa shape index (κ3) is 3.57. The lowest BCUT2D eigenvalue weighted by atomic mass is 9.87. The fraction of sp³-hybridized carbons (Fsp3) is 0.409. The fourth-order valence-electron chi connectivity index (χ4n) is 4.14. The summed E-state index contributed by atoms with van der Waals surface area (Å²) in [7, 11) is 3.74. The maximum atomic E-state index is 10.7. The van der Waals surface area contributed by atoms with Gasteiger partial charge in [0, 0.05) is 36.8 Å². The molecule has 1 saturated heterocycles. The Labute approximate surface area is 160 Å². The molecule has 5 heteroatoms. The number of phenolic OH excluding ortho intramolecular Hbond substituents is 1. The van der Waals surface area contributed by atoms with E-state index in [2.05, 4.69) is 41.5 Å². The highest BCUT2D eigenvalue weighted by Crippen LogP contribution is 2.40. The van der Waals surface area contributed by atoms with Gasteiger partial charge in [-0.05, 0) is 31.5 Å². The lowest BCUT2D eigenvalue weighted by Gasteiger charge is -2.44. The van der Waals surface area contributed by atoms with Gasteiger partial charge in [0.1, 0.15) is 5.66 Å². The van der Waals surface area contributed by atoms with Gasteiger partial charge in [-0.15, -0.1) is 0 Å². The highest BCUT2D eigenvalue weighted by molar-refractivity contribution is 6.01. The minimum atomic E-state index is -0.282. The van der Waals surface area contributed by atoms with Crippen molar-refractivity contribution in [2.75, 3.05) is 27.2 Å². The molecule has 2 heterocycles. The first-order valence-electron chi connectivity index (χ1n) is 9.56. The lowest BCUT2D eigenvalue weighted by Crippen LogP contribution is -2.55. The molecule has 0 unspecified atom stereocenters. The standard InChI is InChI=1S/C22H27N3O2/c1-25-13-11-22(12-14-25)23-18(16-7-4-3-5-8-16)15-19(24-22)17-9-6-10-20(27-2)21(17)26/h3-10,19,24,26H,11-15H2,1-2H3/t19-/m1/s1. The van der Waals surface area contributed by atoms with E-state index in [1.54, 1.807) is 13.2 Å². The summed E-state index contributed by atoms with van der Waals surface area (Å²) in [6, 6.07) is 16.1. The zero-order chi connectivity index (χ0) is 18.9. The molecule has 0 aliphatic carbocycles. The number of para-hydroxylation sites is 1. The Kier molecular flexibility index (Phi) is 4.89. The van der Waals surface area contributed by atoms with E-state index in [1.807, 2.05) is 18.2 Å². The van der Waals surface area contributed by atoms with Gasteiger partial charge in [0.25, 0.3) is 0 Å². The van der Waals surface area contributed by atoms with Crippen molar-refractivity contribution in [1.82, 2.24) is 10.2 Å². The number of aromatic hydroxyl groups is 1. The van der Waals surface area contributed by atoms with E-state index < -0.39 is 0 Å². The molecule has 2 aromatic rings. The van der Waals surface area contributed by atoms with Crippen LogP contribution in [-0.2, 0) is 0 Å². The number of ether oxygens (including phenoxy) is 1. The summed E-state index contributed by atoms with van der Waals surface area (Å²) < 4.78 is 5.32. The maximum Gasteiger partial charge on any atom is 0.162 e. The number of aliphatic imine (C=N–C) groups is 1. The summed E-state index contributed by atoms with van der Waals surface area (Å²) >= 11 is 0. The summed E-state index contributed by atoms with van der Waals surface area (Å²) in [5, 5.41) is 14.5. The van der Waals surface area contributed by atoms with E-state index in [4.69, 9.17) is 9.73 Å². The predicted octanol–water partition coefficient (Wildman–Crippen LogP) is 3.35. The molecule has 2 N–H and O–H groups in total. The molecular weight excluding hydrogens is 338 g/mol. The number of nitrogens with one attached hydrogen (secondary N) is 1. The zero-order valence-corrected chi connectivity index (χ0v) is 16.0. The molecule has 0 radical (unpaired) electrons. The van der Waals surface area contributed by atoms with Gasteiger partial charge < -0.3 is 14.7 Å². The van der Waals surface area contributed by atoms with Crippen LogP contribution in [0.15, 0.2) is 53.5 Å². The van der Waals surface area contributed by atoms with E-state index >= 15 is 0 Å². The topological polar surface area (TPSA) is 57.1 Å². The quantitative estimate of drug-likeness (QED) is 0.876. The van der Waals surface area contributed by atoms with Crippen molar-refractivity contribution in [3.05, 3.63) is 59.7 Å². The highest BCUT2D eigenvalue weighted by Gasteiger charge is 2.40. The Bertz CT molecular complexity index is 827. The molecule has 27 heavy (non-hydrogen) atoms. The van der Waals surface area contributed by atoms with Gasteiger partial charge in [-0.25, -0.2) is 0 Å². The average molecular weight is 365 g/mol. The third-order valence-electron chi connectivity index (χ3n) is 5.74. The van der Waals surface area contributed by atoms with Crippen molar-refractivity contribution >= 4 is 5.71 Å². The summed E-state index contributed by atoms with van der Waals surface area (Å²) in [4.78, 5) is 7.54. The van der Waals surface area contributed by atoms with Gasteiger partial charge in [0.15, 0.2) is 11.5 Å². The highest BCUT2D eigenvalue weighted by atomic mass is 16.5. The molecule has 1 spiro atoms. The van der Waals surface area contributed by atoms with Crippen LogP contribution in [0.5, 0.6) is 11.5 Å². The third-order valence-corrected chi connectivity index (χ3v) is 5.74. The minimum absolute atomic E-state index is 0.00351. The van der Waals surface area contributed by atoms with Gasteiger partial charge in [0.05, 0.1) is 7.11 Å². The van der Waals surface area contributed by atoms with Crippen molar-refractivity contribution in [1.29, 1.82) is 0 Å². The Balaban J connectivity index is 1.74. The smallest absolute Gasteiger partial charge is 0.162 e. The monoisotopic (exact) mass is 365 g/mol. The molecule has 5 nitrogen and oxygen atoms in total. The molecule has 0 saturated carbocycles. The lowest BCUT2D eigenvalue weighted by molar-refractivity contribution is 0.144. The Morgan fingerprint density at radius 3 is 2.56 bits per heavy atom. The Hall–Kier alpha value is -2.37. The predicted molar refractivity (Wildman–Crippen MR) is 108 cm³/mol. The number of nitrogens with zero attached hydrogens (tertiary/aromatic N) is 2. The van der Waals surface area contributed by atoms with E-state index in [0.717, 1.165) is 49.2 Å². The van der Waals surface area contributed by atoms with Crippen molar-refractivity contribution in [3.63, 3.8) is 0 Å². The SMILES string of the molecule is COc1cccc([C@H]2CC(c3ccccc3)=NC3(CCN(C)CC3)N2)c1O. The van der Waals surface area contributed by atoms with Gasteiger partial charge in [0.2, 0.25) is 0 Å². The van der Waals surface area contributed by atoms with Crippen molar-refractivity contribution in [3.8, 4) is 11.5 Å². The normalized spacial score (nSPS) is 22.4. The van der Waals surface area contributed by atoms with E-state index in [0.29, 0.717) is 5.75 Å². The first-order chi connectivity index (χ1) is 13.1. The van der Waals surface area contributed by atoms with Crippen molar-refractivity contribution < 1.29 is 9.84 Å². The Morgan fingerprint density at radius 2 is 1.85 bits per heavy atom. The number of hydrogen-bond acceptors (Lipinski definition) is 5. The first kappa shape index (κ1) is 18.0. The van der Waals surface area contributed by atoms with Crippen LogP contribution in [0.3, 0.4) is 0 Å². The van der Waals surface area contributed by atoms with E-state index in [-0.39, 0.29) is 17.5 Å². The second kappa shape index (κ2) is 7.33. The molecule has 0 amide bonds. The molecule has 0 aromatic heterocycles. The number of hydrogen-bond donors (Lipinski definition) is 2. The second-order valence-corrected chi connectivity index (χ2v) is 7.56. The van der Waals surface area contributed by atoms with Crippen molar-refractivity contribution in [2.24, 2.45) is 4.99 Å². The zero-order valence-electron chi connectivity index (χ0n) is 16.0. The number of phenols is 1. The van der Waals surface area contributed by atoms with Gasteiger partial charge in [-0.3, -0.25) is 10.3 Å². The average Bonchev–Trinajstić information content (AvgIpc) is 2.71. The molecule has 4 rings (SSSR count). The molecule has 2 aliphatic heterocycles. The number of rotatable bonds is 3.